The van der Waals surface area contributed by atoms with Crippen molar-refractivity contribution in [3.8, 4) is 5.75 Å². The van der Waals surface area contributed by atoms with Crippen molar-refractivity contribution in [2.24, 2.45) is 0 Å². The highest BCUT2D eigenvalue weighted by Gasteiger charge is 1.89. The molecule has 13 heavy (non-hydrogen) atoms. The van der Waals surface area contributed by atoms with E-state index < -0.39 is 10.8 Å². The predicted molar refractivity (Wildman–Crippen MR) is 56.1 cm³/mol. The Hall–Kier alpha value is -1.09. The van der Waals surface area contributed by atoms with Gasteiger partial charge in [0.25, 0.3) is 0 Å². The molecule has 0 aliphatic rings. The van der Waals surface area contributed by atoms with Crippen LogP contribution in [-0.4, -0.2) is 17.6 Å². The zero-order valence-electron chi connectivity index (χ0n) is 7.69. The van der Waals surface area contributed by atoms with Crippen molar-refractivity contribution in [1.82, 2.24) is 0 Å². The molecule has 0 saturated heterocycles. The molecule has 0 spiro atoms. The Bertz CT molecular complexity index is 314. The van der Waals surface area contributed by atoms with Crippen LogP contribution in [0.25, 0.3) is 6.08 Å². The highest BCUT2D eigenvalue weighted by atomic mass is 32.2. The van der Waals surface area contributed by atoms with Crippen molar-refractivity contribution in [1.29, 1.82) is 0 Å². The maximum absolute atomic E-state index is 10.7. The molecule has 0 N–H and O–H groups in total. The quantitative estimate of drug-likeness (QED) is 0.739. The average Bonchev–Trinajstić information content (AvgIpc) is 2.15. The van der Waals surface area contributed by atoms with E-state index in [0.717, 1.165) is 11.3 Å². The lowest BCUT2D eigenvalue weighted by molar-refractivity contribution is 0.415. The van der Waals surface area contributed by atoms with E-state index in [9.17, 15) is 4.21 Å². The van der Waals surface area contributed by atoms with Gasteiger partial charge in [-0.25, -0.2) is 0 Å². The first-order valence-electron chi connectivity index (χ1n) is 3.87. The first-order valence-corrected chi connectivity index (χ1v) is 5.49. The largest absolute Gasteiger partial charge is 0.497 e. The summed E-state index contributed by atoms with van der Waals surface area (Å²) in [6, 6.07) is 7.58. The van der Waals surface area contributed by atoms with Gasteiger partial charge in [0.15, 0.2) is 0 Å². The fraction of sp³-hybridized carbons (Fsp3) is 0.200. The van der Waals surface area contributed by atoms with Crippen molar-refractivity contribution < 1.29 is 8.95 Å². The van der Waals surface area contributed by atoms with Gasteiger partial charge >= 0.3 is 0 Å². The molecule has 1 aromatic carbocycles. The third-order valence-electron chi connectivity index (χ3n) is 1.57. The van der Waals surface area contributed by atoms with E-state index in [1.165, 1.54) is 0 Å². The topological polar surface area (TPSA) is 26.3 Å². The minimum Gasteiger partial charge on any atom is -0.497 e. The Morgan fingerprint density at radius 2 is 1.92 bits per heavy atom. The summed E-state index contributed by atoms with van der Waals surface area (Å²) in [5.41, 5.74) is 1.02. The standard InChI is InChI=1S/C10H12O2S/c1-12-10-5-3-9(4-6-10)7-8-13(2)11/h3-8H,1-2H3. The Morgan fingerprint density at radius 1 is 1.31 bits per heavy atom. The zero-order chi connectivity index (χ0) is 9.68. The summed E-state index contributed by atoms with van der Waals surface area (Å²) in [6.07, 6.45) is 3.47. The Balaban J connectivity index is 2.75. The summed E-state index contributed by atoms with van der Waals surface area (Å²) in [7, 11) is 0.746. The molecule has 70 valence electrons. The first kappa shape index (κ1) is 9.99. The Kier molecular flexibility index (Phi) is 3.71. The molecule has 0 bridgehead atoms. The van der Waals surface area contributed by atoms with Crippen LogP contribution in [0, 0.1) is 0 Å². The molecule has 1 aromatic rings. The third-order valence-corrected chi connectivity index (χ3v) is 2.09. The normalized spacial score (nSPS) is 13.1. The Labute approximate surface area is 80.7 Å². The van der Waals surface area contributed by atoms with Crippen LogP contribution in [0.4, 0.5) is 0 Å². The number of methoxy groups -OCH3 is 1. The highest BCUT2D eigenvalue weighted by molar-refractivity contribution is 7.87. The minimum absolute atomic E-state index is 0.828. The van der Waals surface area contributed by atoms with Crippen LogP contribution in [0.2, 0.25) is 0 Å². The second-order valence-corrected chi connectivity index (χ2v) is 3.84. The maximum atomic E-state index is 10.7. The van der Waals surface area contributed by atoms with Crippen LogP contribution in [0.3, 0.4) is 0 Å². The van der Waals surface area contributed by atoms with E-state index >= 15 is 0 Å². The van der Waals surface area contributed by atoms with E-state index in [0.29, 0.717) is 0 Å². The van der Waals surface area contributed by atoms with E-state index in [1.807, 2.05) is 30.3 Å². The second-order valence-electron chi connectivity index (χ2n) is 2.57. The maximum Gasteiger partial charge on any atom is 0.118 e. The lowest BCUT2D eigenvalue weighted by Crippen LogP contribution is -1.81. The molecular weight excluding hydrogens is 184 g/mol. The number of ether oxygens (including phenoxy) is 1. The van der Waals surface area contributed by atoms with Crippen LogP contribution in [0.5, 0.6) is 5.75 Å². The monoisotopic (exact) mass is 196 g/mol. The summed E-state index contributed by atoms with van der Waals surface area (Å²) in [5.74, 6) is 0.828. The van der Waals surface area contributed by atoms with Gasteiger partial charge in [-0.15, -0.1) is 0 Å². The summed E-state index contributed by atoms with van der Waals surface area (Å²) < 4.78 is 15.8. The number of rotatable bonds is 3. The fourth-order valence-corrected chi connectivity index (χ4v) is 1.24. The smallest absolute Gasteiger partial charge is 0.118 e. The summed E-state index contributed by atoms with van der Waals surface area (Å²) in [6.45, 7) is 0. The summed E-state index contributed by atoms with van der Waals surface area (Å²) in [4.78, 5) is 0. The second kappa shape index (κ2) is 4.82. The van der Waals surface area contributed by atoms with Gasteiger partial charge in [0.05, 0.1) is 7.11 Å². The van der Waals surface area contributed by atoms with E-state index in [-0.39, 0.29) is 0 Å². The van der Waals surface area contributed by atoms with Gasteiger partial charge in [0.1, 0.15) is 5.75 Å². The molecule has 0 saturated carbocycles. The zero-order valence-corrected chi connectivity index (χ0v) is 8.51. The SMILES string of the molecule is COc1ccc(C=CS(C)=O)cc1. The molecule has 0 aromatic heterocycles. The summed E-state index contributed by atoms with van der Waals surface area (Å²) >= 11 is 0. The van der Waals surface area contributed by atoms with Crippen molar-refractivity contribution >= 4 is 16.9 Å². The van der Waals surface area contributed by atoms with Crippen LogP contribution in [0.15, 0.2) is 29.7 Å². The number of hydrogen-bond acceptors (Lipinski definition) is 2. The van der Waals surface area contributed by atoms with Crippen molar-refractivity contribution in [2.75, 3.05) is 13.4 Å². The molecule has 1 atom stereocenters. The van der Waals surface area contributed by atoms with Gasteiger partial charge in [-0.3, -0.25) is 4.21 Å². The predicted octanol–water partition coefficient (Wildman–Crippen LogP) is 2.04. The van der Waals surface area contributed by atoms with Gasteiger partial charge in [-0.2, -0.15) is 0 Å². The molecular formula is C10H12O2S. The minimum atomic E-state index is -0.885. The molecule has 1 rings (SSSR count). The average molecular weight is 196 g/mol. The third kappa shape index (κ3) is 3.42. The molecule has 0 aliphatic heterocycles. The molecule has 0 fully saturated rings. The van der Waals surface area contributed by atoms with Crippen molar-refractivity contribution in [2.45, 2.75) is 0 Å². The van der Waals surface area contributed by atoms with Crippen LogP contribution >= 0.6 is 0 Å². The van der Waals surface area contributed by atoms with Gasteiger partial charge < -0.3 is 4.74 Å². The van der Waals surface area contributed by atoms with Gasteiger partial charge in [0, 0.05) is 22.5 Å². The molecule has 0 aliphatic carbocycles. The number of hydrogen-bond donors (Lipinski definition) is 0. The molecule has 2 nitrogen and oxygen atoms in total. The van der Waals surface area contributed by atoms with Gasteiger partial charge in [-0.1, -0.05) is 12.1 Å². The molecule has 1 unspecified atom stereocenters. The van der Waals surface area contributed by atoms with Gasteiger partial charge in [0.2, 0.25) is 0 Å². The highest BCUT2D eigenvalue weighted by Crippen LogP contribution is 2.12. The lowest BCUT2D eigenvalue weighted by Gasteiger charge is -1.98. The van der Waals surface area contributed by atoms with E-state index in [4.69, 9.17) is 4.74 Å². The van der Waals surface area contributed by atoms with E-state index in [1.54, 1.807) is 18.8 Å². The van der Waals surface area contributed by atoms with Crippen LogP contribution in [-0.2, 0) is 10.8 Å². The van der Waals surface area contributed by atoms with Crippen LogP contribution < -0.4 is 4.74 Å². The first-order chi connectivity index (χ1) is 6.22. The molecule has 0 radical (unpaired) electrons. The Morgan fingerprint density at radius 3 is 2.38 bits per heavy atom. The van der Waals surface area contributed by atoms with Gasteiger partial charge in [-0.05, 0) is 23.8 Å². The fourth-order valence-electron chi connectivity index (χ4n) is 0.889. The van der Waals surface area contributed by atoms with Crippen molar-refractivity contribution in [3.05, 3.63) is 35.2 Å². The summed E-state index contributed by atoms with van der Waals surface area (Å²) in [5, 5.41) is 1.65. The van der Waals surface area contributed by atoms with Crippen LogP contribution in [0.1, 0.15) is 5.56 Å². The molecule has 3 heteroatoms. The van der Waals surface area contributed by atoms with Crippen molar-refractivity contribution in [3.63, 3.8) is 0 Å². The van der Waals surface area contributed by atoms with E-state index in [2.05, 4.69) is 0 Å². The molecule has 0 amide bonds. The lowest BCUT2D eigenvalue weighted by atomic mass is 10.2. The number of benzene rings is 1. The molecule has 0 heterocycles.